The molecule has 24 heavy (non-hydrogen) atoms. The molecule has 0 N–H and O–H groups in total. The van der Waals surface area contributed by atoms with Crippen LogP contribution in [0.25, 0.3) is 11.4 Å². The number of hydrogen-bond acceptors (Lipinski definition) is 3. The molecule has 0 unspecified atom stereocenters. The second-order valence-corrected chi connectivity index (χ2v) is 6.69. The number of benzene rings is 1. The zero-order valence-corrected chi connectivity index (χ0v) is 14.4. The molecule has 0 bridgehead atoms. The van der Waals surface area contributed by atoms with E-state index < -0.39 is 0 Å². The standard InChI is InChI=1S/C19H19ClN4/c1-14-4-3-7-21-19(14)18-11-17-13-23(8-9-24(17)22-18)12-15-5-2-6-16(20)10-15/h2-7,10-11H,8-9,12-13H2,1H3. The molecule has 0 spiro atoms. The average molecular weight is 339 g/mol. The highest BCUT2D eigenvalue weighted by Gasteiger charge is 2.20. The van der Waals surface area contributed by atoms with Crippen molar-refractivity contribution in [1.82, 2.24) is 19.7 Å². The van der Waals surface area contributed by atoms with Crippen LogP contribution in [0.5, 0.6) is 0 Å². The Labute approximate surface area is 146 Å². The van der Waals surface area contributed by atoms with Crippen LogP contribution in [0.4, 0.5) is 0 Å². The van der Waals surface area contributed by atoms with Crippen molar-refractivity contribution in [2.45, 2.75) is 26.6 Å². The van der Waals surface area contributed by atoms with Crippen LogP contribution >= 0.6 is 11.6 Å². The Morgan fingerprint density at radius 2 is 2.04 bits per heavy atom. The Kier molecular flexibility index (Phi) is 4.08. The van der Waals surface area contributed by atoms with Crippen LogP contribution in [-0.4, -0.2) is 26.2 Å². The van der Waals surface area contributed by atoms with Crippen LogP contribution in [0.2, 0.25) is 5.02 Å². The number of nitrogens with zero attached hydrogens (tertiary/aromatic N) is 4. The van der Waals surface area contributed by atoms with Crippen LogP contribution in [0.3, 0.4) is 0 Å². The molecule has 2 aromatic heterocycles. The molecule has 5 heteroatoms. The summed E-state index contributed by atoms with van der Waals surface area (Å²) in [7, 11) is 0. The van der Waals surface area contributed by atoms with Gasteiger partial charge in [0.25, 0.3) is 0 Å². The molecule has 0 saturated heterocycles. The molecule has 1 aliphatic rings. The molecule has 0 atom stereocenters. The number of halogens is 1. The van der Waals surface area contributed by atoms with E-state index in [1.807, 2.05) is 30.5 Å². The quantitative estimate of drug-likeness (QED) is 0.725. The molecule has 122 valence electrons. The van der Waals surface area contributed by atoms with E-state index in [-0.39, 0.29) is 0 Å². The van der Waals surface area contributed by atoms with Crippen molar-refractivity contribution < 1.29 is 0 Å². The van der Waals surface area contributed by atoms with E-state index in [4.69, 9.17) is 16.7 Å². The fourth-order valence-electron chi connectivity index (χ4n) is 3.22. The second-order valence-electron chi connectivity index (χ2n) is 6.25. The maximum absolute atomic E-state index is 6.09. The maximum atomic E-state index is 6.09. The molecule has 0 amide bonds. The average Bonchev–Trinajstić information content (AvgIpc) is 2.98. The lowest BCUT2D eigenvalue weighted by molar-refractivity contribution is 0.205. The first-order valence-electron chi connectivity index (χ1n) is 8.14. The van der Waals surface area contributed by atoms with Crippen molar-refractivity contribution in [1.29, 1.82) is 0 Å². The van der Waals surface area contributed by atoms with Gasteiger partial charge in [0.15, 0.2) is 0 Å². The van der Waals surface area contributed by atoms with Crippen molar-refractivity contribution >= 4 is 11.6 Å². The number of hydrogen-bond donors (Lipinski definition) is 0. The molecular formula is C19H19ClN4. The lowest BCUT2D eigenvalue weighted by atomic mass is 10.1. The second kappa shape index (κ2) is 6.38. The monoisotopic (exact) mass is 338 g/mol. The molecule has 0 saturated carbocycles. The van der Waals surface area contributed by atoms with Gasteiger partial charge in [-0.1, -0.05) is 29.8 Å². The summed E-state index contributed by atoms with van der Waals surface area (Å²) < 4.78 is 2.11. The zero-order valence-electron chi connectivity index (χ0n) is 13.6. The highest BCUT2D eigenvalue weighted by atomic mass is 35.5. The van der Waals surface area contributed by atoms with Gasteiger partial charge in [-0.2, -0.15) is 5.10 Å². The molecule has 4 rings (SSSR count). The van der Waals surface area contributed by atoms with Crippen LogP contribution in [0, 0.1) is 6.92 Å². The van der Waals surface area contributed by atoms with Gasteiger partial charge in [-0.25, -0.2) is 0 Å². The first-order chi connectivity index (χ1) is 11.7. The Bertz CT molecular complexity index is 871. The fraction of sp³-hybridized carbons (Fsp3) is 0.263. The van der Waals surface area contributed by atoms with E-state index in [1.165, 1.54) is 11.3 Å². The van der Waals surface area contributed by atoms with E-state index in [9.17, 15) is 0 Å². The Balaban J connectivity index is 1.54. The molecular weight excluding hydrogens is 320 g/mol. The third-order valence-corrected chi connectivity index (χ3v) is 4.66. The maximum Gasteiger partial charge on any atom is 0.111 e. The molecule has 4 nitrogen and oxygen atoms in total. The van der Waals surface area contributed by atoms with Crippen molar-refractivity contribution in [2.24, 2.45) is 0 Å². The van der Waals surface area contributed by atoms with E-state index in [0.717, 1.165) is 48.2 Å². The van der Waals surface area contributed by atoms with Gasteiger partial charge in [0.2, 0.25) is 0 Å². The van der Waals surface area contributed by atoms with Gasteiger partial charge in [0.05, 0.1) is 17.9 Å². The molecule has 0 aliphatic carbocycles. The minimum atomic E-state index is 0.794. The van der Waals surface area contributed by atoms with Crippen molar-refractivity contribution in [2.75, 3.05) is 6.54 Å². The van der Waals surface area contributed by atoms with Gasteiger partial charge in [0, 0.05) is 30.9 Å². The van der Waals surface area contributed by atoms with E-state index >= 15 is 0 Å². The molecule has 3 heterocycles. The summed E-state index contributed by atoms with van der Waals surface area (Å²) in [5.41, 5.74) is 5.58. The summed E-state index contributed by atoms with van der Waals surface area (Å²) in [4.78, 5) is 6.91. The number of pyridine rings is 1. The molecule has 1 aromatic carbocycles. The number of fused-ring (bicyclic) bond motifs is 1. The Morgan fingerprint density at radius 1 is 1.12 bits per heavy atom. The molecule has 0 fully saturated rings. The van der Waals surface area contributed by atoms with E-state index in [2.05, 4.69) is 39.7 Å². The first-order valence-corrected chi connectivity index (χ1v) is 8.52. The molecule has 1 aliphatic heterocycles. The van der Waals surface area contributed by atoms with Gasteiger partial charge in [-0.15, -0.1) is 0 Å². The van der Waals surface area contributed by atoms with Gasteiger partial charge < -0.3 is 0 Å². The largest absolute Gasteiger partial charge is 0.291 e. The first kappa shape index (κ1) is 15.4. The lowest BCUT2D eigenvalue weighted by Gasteiger charge is -2.27. The summed E-state index contributed by atoms with van der Waals surface area (Å²) in [6.45, 7) is 5.77. The van der Waals surface area contributed by atoms with Crippen molar-refractivity contribution in [3.63, 3.8) is 0 Å². The van der Waals surface area contributed by atoms with Crippen LogP contribution in [0.15, 0.2) is 48.7 Å². The summed E-state index contributed by atoms with van der Waals surface area (Å²) in [6, 6.07) is 14.3. The predicted molar refractivity (Wildman–Crippen MR) is 95.8 cm³/mol. The normalized spacial score (nSPS) is 14.6. The van der Waals surface area contributed by atoms with Crippen molar-refractivity contribution in [3.8, 4) is 11.4 Å². The number of aryl methyl sites for hydroxylation is 1. The highest BCUT2D eigenvalue weighted by Crippen LogP contribution is 2.24. The highest BCUT2D eigenvalue weighted by molar-refractivity contribution is 6.30. The zero-order chi connectivity index (χ0) is 16.5. The summed E-state index contributed by atoms with van der Waals surface area (Å²) in [5.74, 6) is 0. The summed E-state index contributed by atoms with van der Waals surface area (Å²) in [6.07, 6.45) is 1.83. The third kappa shape index (κ3) is 3.07. The minimum absolute atomic E-state index is 0.794. The van der Waals surface area contributed by atoms with Gasteiger partial charge >= 0.3 is 0 Å². The SMILES string of the molecule is Cc1cccnc1-c1cc2n(n1)CCN(Cc1cccc(Cl)c1)C2. The molecule has 0 radical (unpaired) electrons. The topological polar surface area (TPSA) is 34.0 Å². The smallest absolute Gasteiger partial charge is 0.111 e. The molecule has 3 aromatic rings. The minimum Gasteiger partial charge on any atom is -0.291 e. The predicted octanol–water partition coefficient (Wildman–Crippen LogP) is 3.92. The summed E-state index contributed by atoms with van der Waals surface area (Å²) in [5, 5.41) is 5.54. The Morgan fingerprint density at radius 3 is 2.88 bits per heavy atom. The van der Waals surface area contributed by atoms with Crippen LogP contribution < -0.4 is 0 Å². The number of aromatic nitrogens is 3. The Hall–Kier alpha value is -2.17. The lowest BCUT2D eigenvalue weighted by Crippen LogP contribution is -2.33. The van der Waals surface area contributed by atoms with Gasteiger partial charge in [-0.3, -0.25) is 14.6 Å². The van der Waals surface area contributed by atoms with Gasteiger partial charge in [0.1, 0.15) is 5.69 Å². The van der Waals surface area contributed by atoms with Crippen LogP contribution in [0.1, 0.15) is 16.8 Å². The number of rotatable bonds is 3. The van der Waals surface area contributed by atoms with Crippen molar-refractivity contribution in [3.05, 3.63) is 70.5 Å². The fourth-order valence-corrected chi connectivity index (χ4v) is 3.43. The van der Waals surface area contributed by atoms with Crippen LogP contribution in [-0.2, 0) is 19.6 Å². The summed E-state index contributed by atoms with van der Waals surface area (Å²) >= 11 is 6.09. The van der Waals surface area contributed by atoms with E-state index in [1.54, 1.807) is 0 Å². The van der Waals surface area contributed by atoms with E-state index in [0.29, 0.717) is 0 Å². The van der Waals surface area contributed by atoms with Gasteiger partial charge in [-0.05, 0) is 42.3 Å². The third-order valence-electron chi connectivity index (χ3n) is 4.42.